The Kier molecular flexibility index (Phi) is 9.41. The number of rotatable bonds is 13. The number of ether oxygens (including phenoxy) is 2. The van der Waals surface area contributed by atoms with Gasteiger partial charge in [-0.1, -0.05) is 42.5 Å². The summed E-state index contributed by atoms with van der Waals surface area (Å²) in [6.07, 6.45) is 4.43. The maximum atomic E-state index is 14.5. The third-order valence-electron chi connectivity index (χ3n) is 9.78. The number of fused-ring (bicyclic) bond motifs is 1. The lowest BCUT2D eigenvalue weighted by atomic mass is 9.66. The van der Waals surface area contributed by atoms with E-state index in [1.165, 1.54) is 4.90 Å². The summed E-state index contributed by atoms with van der Waals surface area (Å²) in [5.74, 6) is -2.29. The molecule has 10 nitrogen and oxygen atoms in total. The van der Waals surface area contributed by atoms with Gasteiger partial charge < -0.3 is 29.3 Å². The third kappa shape index (κ3) is 5.66. The first-order valence-electron chi connectivity index (χ1n) is 15.5. The molecule has 3 amide bonds. The summed E-state index contributed by atoms with van der Waals surface area (Å²) in [5, 5.41) is 10.2. The summed E-state index contributed by atoms with van der Waals surface area (Å²) in [6, 6.07) is 8.16. The zero-order chi connectivity index (χ0) is 30.8. The van der Waals surface area contributed by atoms with E-state index >= 15 is 0 Å². The van der Waals surface area contributed by atoms with Crippen LogP contribution >= 0.6 is 0 Å². The fourth-order valence-corrected chi connectivity index (χ4v) is 7.68. The van der Waals surface area contributed by atoms with Gasteiger partial charge in [0, 0.05) is 45.8 Å². The number of aliphatic hydroxyl groups is 1. The SMILES string of the molecule is C=CCN(CCN1CCOCC1)C(=O)C1N([C@H](C)CO)C(=O)[C@@H]2[C@H](C(=O)N(CC=C)Cc3ccccc3)[C@]3(C)CCC12O3. The minimum atomic E-state index is -1.16. The fraction of sp³-hybridized carbons (Fsp3) is 0.606. The van der Waals surface area contributed by atoms with E-state index in [2.05, 4.69) is 18.1 Å². The van der Waals surface area contributed by atoms with Crippen molar-refractivity contribution in [1.29, 1.82) is 0 Å². The highest BCUT2D eigenvalue weighted by atomic mass is 16.5. The molecule has 1 spiro atoms. The molecule has 1 aromatic carbocycles. The van der Waals surface area contributed by atoms with E-state index in [4.69, 9.17) is 9.47 Å². The molecule has 4 aliphatic rings. The van der Waals surface area contributed by atoms with Crippen molar-refractivity contribution in [3.05, 3.63) is 61.2 Å². The van der Waals surface area contributed by atoms with Crippen LogP contribution in [0.4, 0.5) is 0 Å². The number of nitrogens with zero attached hydrogens (tertiary/aromatic N) is 4. The van der Waals surface area contributed by atoms with E-state index in [0.717, 1.165) is 18.7 Å². The number of hydrogen-bond acceptors (Lipinski definition) is 7. The van der Waals surface area contributed by atoms with Crippen molar-refractivity contribution in [2.45, 2.75) is 56.5 Å². The molecule has 4 saturated heterocycles. The van der Waals surface area contributed by atoms with E-state index in [-0.39, 0.29) is 24.3 Å². The molecule has 43 heavy (non-hydrogen) atoms. The normalized spacial score (nSPS) is 30.6. The zero-order valence-corrected chi connectivity index (χ0v) is 25.5. The maximum absolute atomic E-state index is 14.5. The molecule has 4 aliphatic heterocycles. The predicted molar refractivity (Wildman–Crippen MR) is 162 cm³/mol. The van der Waals surface area contributed by atoms with E-state index < -0.39 is 35.1 Å². The maximum Gasteiger partial charge on any atom is 0.248 e. The van der Waals surface area contributed by atoms with Crippen LogP contribution in [0.2, 0.25) is 0 Å². The molecule has 0 aromatic heterocycles. The van der Waals surface area contributed by atoms with Crippen molar-refractivity contribution in [2.75, 3.05) is 59.1 Å². The summed E-state index contributed by atoms with van der Waals surface area (Å²) < 4.78 is 12.3. The van der Waals surface area contributed by atoms with Crippen molar-refractivity contribution < 1.29 is 29.0 Å². The lowest BCUT2D eigenvalue weighted by Gasteiger charge is -2.39. The van der Waals surface area contributed by atoms with Gasteiger partial charge in [-0.25, -0.2) is 0 Å². The fourth-order valence-electron chi connectivity index (χ4n) is 7.68. The lowest BCUT2D eigenvalue weighted by molar-refractivity contribution is -0.156. The second-order valence-corrected chi connectivity index (χ2v) is 12.5. The van der Waals surface area contributed by atoms with E-state index in [1.54, 1.807) is 28.9 Å². The van der Waals surface area contributed by atoms with Crippen LogP contribution in [0.3, 0.4) is 0 Å². The van der Waals surface area contributed by atoms with Gasteiger partial charge in [-0.05, 0) is 32.3 Å². The van der Waals surface area contributed by atoms with Crippen LogP contribution in [0.25, 0.3) is 0 Å². The first-order valence-corrected chi connectivity index (χ1v) is 15.5. The van der Waals surface area contributed by atoms with Crippen molar-refractivity contribution in [2.24, 2.45) is 11.8 Å². The van der Waals surface area contributed by atoms with Crippen molar-refractivity contribution >= 4 is 17.7 Å². The van der Waals surface area contributed by atoms with Crippen LogP contribution in [0.5, 0.6) is 0 Å². The lowest BCUT2D eigenvalue weighted by Crippen LogP contribution is -2.59. The number of carbonyl (C=O) groups is 3. The molecule has 0 radical (unpaired) electrons. The first kappa shape index (κ1) is 31.4. The van der Waals surface area contributed by atoms with Gasteiger partial charge in [0.15, 0.2) is 0 Å². The number of aliphatic hydroxyl groups excluding tert-OH is 1. The van der Waals surface area contributed by atoms with Crippen molar-refractivity contribution in [3.8, 4) is 0 Å². The molecule has 2 unspecified atom stereocenters. The number of hydrogen-bond donors (Lipinski definition) is 1. The Morgan fingerprint density at radius 1 is 1.09 bits per heavy atom. The molecule has 0 aliphatic carbocycles. The summed E-state index contributed by atoms with van der Waals surface area (Å²) in [7, 11) is 0. The van der Waals surface area contributed by atoms with Crippen LogP contribution < -0.4 is 0 Å². The van der Waals surface area contributed by atoms with Crippen molar-refractivity contribution in [1.82, 2.24) is 19.6 Å². The van der Waals surface area contributed by atoms with Crippen LogP contribution in [0.1, 0.15) is 32.3 Å². The highest BCUT2D eigenvalue weighted by Gasteiger charge is 2.78. The minimum Gasteiger partial charge on any atom is -0.394 e. The molecule has 1 N–H and O–H groups in total. The number of morpholine rings is 1. The van der Waals surface area contributed by atoms with Gasteiger partial charge >= 0.3 is 0 Å². The van der Waals surface area contributed by atoms with Gasteiger partial charge in [0.1, 0.15) is 11.6 Å². The van der Waals surface area contributed by atoms with E-state index in [0.29, 0.717) is 58.8 Å². The van der Waals surface area contributed by atoms with Gasteiger partial charge in [-0.3, -0.25) is 19.3 Å². The van der Waals surface area contributed by atoms with Gasteiger partial charge in [-0.15, -0.1) is 13.2 Å². The van der Waals surface area contributed by atoms with Gasteiger partial charge in [0.2, 0.25) is 17.7 Å². The second kappa shape index (κ2) is 12.9. The number of carbonyl (C=O) groups excluding carboxylic acids is 3. The van der Waals surface area contributed by atoms with Gasteiger partial charge in [0.05, 0.1) is 43.3 Å². The molecule has 4 heterocycles. The van der Waals surface area contributed by atoms with Crippen LogP contribution in [0, 0.1) is 11.8 Å². The van der Waals surface area contributed by atoms with E-state index in [9.17, 15) is 19.5 Å². The smallest absolute Gasteiger partial charge is 0.248 e. The molecule has 0 saturated carbocycles. The number of benzene rings is 1. The summed E-state index contributed by atoms with van der Waals surface area (Å²) in [6.45, 7) is 16.2. The van der Waals surface area contributed by atoms with Crippen LogP contribution in [-0.4, -0.2) is 125 Å². The Bertz CT molecular complexity index is 1210. The average molecular weight is 595 g/mol. The quantitative estimate of drug-likeness (QED) is 0.347. The molecule has 234 valence electrons. The zero-order valence-electron chi connectivity index (χ0n) is 25.5. The Labute approximate surface area is 254 Å². The highest BCUT2D eigenvalue weighted by Crippen LogP contribution is 2.63. The number of likely N-dealkylation sites (tertiary alicyclic amines) is 1. The minimum absolute atomic E-state index is 0.175. The van der Waals surface area contributed by atoms with Crippen molar-refractivity contribution in [3.63, 3.8) is 0 Å². The molecular weight excluding hydrogens is 548 g/mol. The largest absolute Gasteiger partial charge is 0.394 e. The molecule has 2 bridgehead atoms. The van der Waals surface area contributed by atoms with Gasteiger partial charge in [0.25, 0.3) is 0 Å². The van der Waals surface area contributed by atoms with E-state index in [1.807, 2.05) is 37.3 Å². The molecule has 5 rings (SSSR count). The Hall–Kier alpha value is -3.05. The summed E-state index contributed by atoms with van der Waals surface area (Å²) >= 11 is 0. The number of amides is 3. The molecule has 1 aromatic rings. The molecular formula is C33H46N4O6. The molecule has 6 atom stereocenters. The predicted octanol–water partition coefficient (Wildman–Crippen LogP) is 1.69. The third-order valence-corrected chi connectivity index (χ3v) is 9.78. The summed E-state index contributed by atoms with van der Waals surface area (Å²) in [4.78, 5) is 50.6. The molecule has 4 fully saturated rings. The Morgan fingerprint density at radius 3 is 2.42 bits per heavy atom. The highest BCUT2D eigenvalue weighted by molar-refractivity contribution is 5.99. The standard InChI is InChI=1S/C33H46N4O6/c1-5-14-35(17-16-34-18-20-42-21-19-34)31(41)28-33-13-12-32(4,43-33)26(27(33)30(40)37(28)24(3)23-38)29(39)36(15-6-2)22-25-10-8-7-9-11-25/h5-11,24,26-28,38H,1-2,12-23H2,3-4H3/t24-,26-,27+,28?,32+,33?/m1/s1. The monoisotopic (exact) mass is 594 g/mol. The van der Waals surface area contributed by atoms with Gasteiger partial charge in [-0.2, -0.15) is 0 Å². The van der Waals surface area contributed by atoms with Crippen LogP contribution in [0.15, 0.2) is 55.6 Å². The molecule has 10 heteroatoms. The summed E-state index contributed by atoms with van der Waals surface area (Å²) in [5.41, 5.74) is -1.07. The second-order valence-electron chi connectivity index (χ2n) is 12.5. The Morgan fingerprint density at radius 2 is 1.77 bits per heavy atom. The average Bonchev–Trinajstić information content (AvgIpc) is 3.59. The first-order chi connectivity index (χ1) is 20.7. The topological polar surface area (TPSA) is 103 Å². The van der Waals surface area contributed by atoms with Crippen LogP contribution in [-0.2, 0) is 30.4 Å². The Balaban J connectivity index is 1.47.